The summed E-state index contributed by atoms with van der Waals surface area (Å²) >= 11 is 1.61. The standard InChI is InChI=1S/C10H15N3OS.ClH/c1-7-13-8(6-15-7)5-12-10(14)9-3-2-4-11-9;/h6,9,11H,2-5H2,1H3,(H,12,14);1H. The van der Waals surface area contributed by atoms with E-state index in [2.05, 4.69) is 15.6 Å². The smallest absolute Gasteiger partial charge is 0.237 e. The number of carbonyl (C=O) groups is 1. The normalized spacial score (nSPS) is 19.2. The molecular formula is C10H16ClN3OS. The molecule has 0 aromatic carbocycles. The quantitative estimate of drug-likeness (QED) is 0.861. The van der Waals surface area contributed by atoms with E-state index in [1.54, 1.807) is 11.3 Å². The van der Waals surface area contributed by atoms with Crippen LogP contribution < -0.4 is 10.6 Å². The molecule has 1 aromatic heterocycles. The van der Waals surface area contributed by atoms with Gasteiger partial charge in [0.05, 0.1) is 23.3 Å². The van der Waals surface area contributed by atoms with Crippen LogP contribution in [-0.4, -0.2) is 23.5 Å². The Morgan fingerprint density at radius 2 is 2.56 bits per heavy atom. The summed E-state index contributed by atoms with van der Waals surface area (Å²) in [5.74, 6) is 0.0955. The van der Waals surface area contributed by atoms with Gasteiger partial charge in [-0.05, 0) is 26.3 Å². The highest BCUT2D eigenvalue weighted by Crippen LogP contribution is 2.08. The number of hydrogen-bond donors (Lipinski definition) is 2. The highest BCUT2D eigenvalue weighted by Gasteiger charge is 2.21. The van der Waals surface area contributed by atoms with Gasteiger partial charge < -0.3 is 10.6 Å². The summed E-state index contributed by atoms with van der Waals surface area (Å²) in [6, 6.07) is 0.00438. The van der Waals surface area contributed by atoms with Crippen LogP contribution in [-0.2, 0) is 11.3 Å². The summed E-state index contributed by atoms with van der Waals surface area (Å²) in [5, 5.41) is 9.09. The van der Waals surface area contributed by atoms with Crippen molar-refractivity contribution in [2.45, 2.75) is 32.4 Å². The minimum Gasteiger partial charge on any atom is -0.349 e. The molecule has 1 unspecified atom stereocenters. The third-order valence-electron chi connectivity index (χ3n) is 2.49. The summed E-state index contributed by atoms with van der Waals surface area (Å²) in [5.41, 5.74) is 0.948. The van der Waals surface area contributed by atoms with Gasteiger partial charge in [-0.25, -0.2) is 4.98 Å². The summed E-state index contributed by atoms with van der Waals surface area (Å²) in [7, 11) is 0. The molecule has 16 heavy (non-hydrogen) atoms. The molecule has 2 heterocycles. The van der Waals surface area contributed by atoms with Crippen molar-refractivity contribution in [3.05, 3.63) is 16.1 Å². The second-order valence-electron chi connectivity index (χ2n) is 3.72. The lowest BCUT2D eigenvalue weighted by Gasteiger charge is -2.09. The van der Waals surface area contributed by atoms with Crippen LogP contribution in [0.4, 0.5) is 0 Å². The van der Waals surface area contributed by atoms with Crippen molar-refractivity contribution in [3.63, 3.8) is 0 Å². The largest absolute Gasteiger partial charge is 0.349 e. The van der Waals surface area contributed by atoms with Crippen LogP contribution >= 0.6 is 23.7 Å². The molecule has 1 aliphatic rings. The third kappa shape index (κ3) is 3.43. The highest BCUT2D eigenvalue weighted by molar-refractivity contribution is 7.09. The predicted octanol–water partition coefficient (Wildman–Crippen LogP) is 1.24. The Morgan fingerprint density at radius 3 is 3.12 bits per heavy atom. The lowest BCUT2D eigenvalue weighted by atomic mass is 10.2. The maximum Gasteiger partial charge on any atom is 0.237 e. The van der Waals surface area contributed by atoms with E-state index < -0.39 is 0 Å². The second kappa shape index (κ2) is 6.18. The van der Waals surface area contributed by atoms with Crippen molar-refractivity contribution in [1.82, 2.24) is 15.6 Å². The monoisotopic (exact) mass is 261 g/mol. The van der Waals surface area contributed by atoms with E-state index >= 15 is 0 Å². The number of hydrogen-bond acceptors (Lipinski definition) is 4. The number of aromatic nitrogens is 1. The van der Waals surface area contributed by atoms with E-state index in [1.807, 2.05) is 12.3 Å². The molecule has 0 spiro atoms. The minimum absolute atomic E-state index is 0. The van der Waals surface area contributed by atoms with Gasteiger partial charge in [0.25, 0.3) is 0 Å². The van der Waals surface area contributed by atoms with Gasteiger partial charge in [-0.15, -0.1) is 23.7 Å². The minimum atomic E-state index is 0. The first-order chi connectivity index (χ1) is 7.25. The topological polar surface area (TPSA) is 54.0 Å². The van der Waals surface area contributed by atoms with Crippen molar-refractivity contribution < 1.29 is 4.79 Å². The van der Waals surface area contributed by atoms with Gasteiger partial charge in [0, 0.05) is 5.38 Å². The molecule has 6 heteroatoms. The summed E-state index contributed by atoms with van der Waals surface area (Å²) in [4.78, 5) is 15.9. The Labute approximate surface area is 105 Å². The number of thiazole rings is 1. The molecule has 0 saturated carbocycles. The number of amides is 1. The number of nitrogens with zero attached hydrogens (tertiary/aromatic N) is 1. The predicted molar refractivity (Wildman–Crippen MR) is 67.0 cm³/mol. The molecular weight excluding hydrogens is 246 g/mol. The molecule has 1 saturated heterocycles. The van der Waals surface area contributed by atoms with Gasteiger partial charge in [-0.2, -0.15) is 0 Å². The SMILES string of the molecule is Cc1nc(CNC(=O)C2CCCN2)cs1.Cl. The van der Waals surface area contributed by atoms with Crippen LogP contribution in [0.3, 0.4) is 0 Å². The van der Waals surface area contributed by atoms with Crippen molar-refractivity contribution in [2.24, 2.45) is 0 Å². The molecule has 1 amide bonds. The Balaban J connectivity index is 0.00000128. The number of nitrogens with one attached hydrogen (secondary N) is 2. The van der Waals surface area contributed by atoms with E-state index in [1.165, 1.54) is 0 Å². The van der Waals surface area contributed by atoms with Crippen LogP contribution in [0.1, 0.15) is 23.5 Å². The molecule has 2 N–H and O–H groups in total. The van der Waals surface area contributed by atoms with E-state index in [0.717, 1.165) is 30.1 Å². The van der Waals surface area contributed by atoms with Crippen LogP contribution in [0, 0.1) is 6.92 Å². The molecule has 2 rings (SSSR count). The summed E-state index contributed by atoms with van der Waals surface area (Å²) < 4.78 is 0. The Bertz CT molecular complexity index is 350. The molecule has 1 atom stereocenters. The van der Waals surface area contributed by atoms with E-state index in [4.69, 9.17) is 0 Å². The second-order valence-corrected chi connectivity index (χ2v) is 4.79. The zero-order chi connectivity index (χ0) is 10.7. The number of halogens is 1. The zero-order valence-electron chi connectivity index (χ0n) is 9.16. The van der Waals surface area contributed by atoms with Gasteiger partial charge in [-0.1, -0.05) is 0 Å². The molecule has 0 radical (unpaired) electrons. The summed E-state index contributed by atoms with van der Waals surface area (Å²) in [6.07, 6.45) is 2.04. The van der Waals surface area contributed by atoms with E-state index in [-0.39, 0.29) is 24.4 Å². The van der Waals surface area contributed by atoms with E-state index in [0.29, 0.717) is 6.54 Å². The lowest BCUT2D eigenvalue weighted by molar-refractivity contribution is -0.122. The molecule has 1 aromatic rings. The molecule has 1 fully saturated rings. The molecule has 0 bridgehead atoms. The average Bonchev–Trinajstić information content (AvgIpc) is 2.84. The van der Waals surface area contributed by atoms with Crippen LogP contribution in [0.5, 0.6) is 0 Å². The fraction of sp³-hybridized carbons (Fsp3) is 0.600. The summed E-state index contributed by atoms with van der Waals surface area (Å²) in [6.45, 7) is 3.46. The third-order valence-corrected chi connectivity index (χ3v) is 3.31. The Morgan fingerprint density at radius 1 is 1.75 bits per heavy atom. The Kier molecular flexibility index (Phi) is 5.18. The van der Waals surface area contributed by atoms with Crippen molar-refractivity contribution in [2.75, 3.05) is 6.54 Å². The number of carbonyl (C=O) groups excluding carboxylic acids is 1. The van der Waals surface area contributed by atoms with Crippen LogP contribution in [0.2, 0.25) is 0 Å². The fourth-order valence-corrected chi connectivity index (χ4v) is 2.31. The molecule has 0 aliphatic carbocycles. The van der Waals surface area contributed by atoms with Gasteiger partial charge in [0.2, 0.25) is 5.91 Å². The first kappa shape index (κ1) is 13.4. The van der Waals surface area contributed by atoms with Crippen molar-refractivity contribution >= 4 is 29.7 Å². The first-order valence-corrected chi connectivity index (χ1v) is 6.06. The van der Waals surface area contributed by atoms with Gasteiger partial charge in [-0.3, -0.25) is 4.79 Å². The van der Waals surface area contributed by atoms with Gasteiger partial charge in [0.1, 0.15) is 0 Å². The molecule has 1 aliphatic heterocycles. The number of rotatable bonds is 3. The maximum atomic E-state index is 11.6. The van der Waals surface area contributed by atoms with E-state index in [9.17, 15) is 4.79 Å². The van der Waals surface area contributed by atoms with Gasteiger partial charge >= 0.3 is 0 Å². The van der Waals surface area contributed by atoms with Crippen molar-refractivity contribution in [3.8, 4) is 0 Å². The molecule has 4 nitrogen and oxygen atoms in total. The van der Waals surface area contributed by atoms with Gasteiger partial charge in [0.15, 0.2) is 0 Å². The first-order valence-electron chi connectivity index (χ1n) is 5.18. The maximum absolute atomic E-state index is 11.6. The highest BCUT2D eigenvalue weighted by atomic mass is 35.5. The average molecular weight is 262 g/mol. The Hall–Kier alpha value is -0.650. The number of aryl methyl sites for hydroxylation is 1. The van der Waals surface area contributed by atoms with Crippen LogP contribution in [0.25, 0.3) is 0 Å². The fourth-order valence-electron chi connectivity index (χ4n) is 1.70. The molecule has 90 valence electrons. The lowest BCUT2D eigenvalue weighted by Crippen LogP contribution is -2.40. The van der Waals surface area contributed by atoms with Crippen molar-refractivity contribution in [1.29, 1.82) is 0 Å². The van der Waals surface area contributed by atoms with Crippen LogP contribution in [0.15, 0.2) is 5.38 Å². The zero-order valence-corrected chi connectivity index (χ0v) is 10.8.